The number of nitrogens with one attached hydrogen (secondary N) is 1. The number of carbonyl (C=O) groups is 1. The van der Waals surface area contributed by atoms with Crippen molar-refractivity contribution in [2.24, 2.45) is 0 Å². The van der Waals surface area contributed by atoms with Gasteiger partial charge in [-0.3, -0.25) is 4.79 Å². The van der Waals surface area contributed by atoms with Gasteiger partial charge in [-0.25, -0.2) is 0 Å². The summed E-state index contributed by atoms with van der Waals surface area (Å²) in [6.45, 7) is 0.204. The molecule has 1 amide bonds. The van der Waals surface area contributed by atoms with E-state index in [2.05, 4.69) is 5.32 Å². The second kappa shape index (κ2) is 7.93. The second-order valence-electron chi connectivity index (χ2n) is 4.39. The number of rotatable bonds is 4. The zero-order valence-corrected chi connectivity index (χ0v) is 11.3. The summed E-state index contributed by atoms with van der Waals surface area (Å²) in [5.74, 6) is -0.555. The predicted molar refractivity (Wildman–Crippen MR) is 82.7 cm³/mol. The van der Waals surface area contributed by atoms with E-state index < -0.39 is 5.91 Å². The fourth-order valence-corrected chi connectivity index (χ4v) is 1.82. The van der Waals surface area contributed by atoms with E-state index in [1.54, 1.807) is 12.1 Å². The molecule has 0 heterocycles. The zero-order chi connectivity index (χ0) is 15.4. The quantitative estimate of drug-likeness (QED) is 0.633. The van der Waals surface area contributed by atoms with Crippen molar-refractivity contribution in [3.8, 4) is 23.0 Å². The molecule has 0 aliphatic carbocycles. The first kappa shape index (κ1) is 18.2. The van der Waals surface area contributed by atoms with E-state index in [9.17, 15) is 20.1 Å². The molecule has 0 fully saturated rings. The maximum absolute atomic E-state index is 11.9. The molecule has 2 aromatic rings. The van der Waals surface area contributed by atoms with Crippen molar-refractivity contribution in [1.29, 1.82) is 0 Å². The Balaban J connectivity index is 0.00000242. The number of amides is 1. The van der Waals surface area contributed by atoms with E-state index in [0.29, 0.717) is 5.75 Å². The number of hydrogen-bond donors (Lipinski definition) is 4. The van der Waals surface area contributed by atoms with Crippen LogP contribution in [0, 0.1) is 0 Å². The number of benzene rings is 2. The molecule has 0 saturated carbocycles. The van der Waals surface area contributed by atoms with Crippen LogP contribution in [0.15, 0.2) is 36.4 Å². The Hall–Kier alpha value is -1.89. The van der Waals surface area contributed by atoms with Crippen molar-refractivity contribution in [2.75, 3.05) is 7.11 Å². The Morgan fingerprint density at radius 2 is 1.82 bits per heavy atom. The van der Waals surface area contributed by atoms with Crippen LogP contribution in [0.1, 0.15) is 15.9 Å². The minimum absolute atomic E-state index is 0. The standard InChI is InChI=1S/C15H15NO5.Na.H/c1-21-14-6-9(2-5-12(14)18)8-16-15(20)11-4-3-10(17)7-13(11)19;;/h2-7,17-19H,8H2,1H3,(H,16,20);;. The SMILES string of the molecule is COc1cc(CNC(=O)c2ccc(O)cc2O)ccc1O.[NaH]. The fourth-order valence-electron chi connectivity index (χ4n) is 1.82. The van der Waals surface area contributed by atoms with Crippen molar-refractivity contribution in [3.05, 3.63) is 47.5 Å². The number of methoxy groups -OCH3 is 1. The molecule has 0 spiro atoms. The molecule has 2 rings (SSSR count). The predicted octanol–water partition coefficient (Wildman–Crippen LogP) is 1.09. The summed E-state index contributed by atoms with van der Waals surface area (Å²) in [7, 11) is 1.44. The first-order chi connectivity index (χ1) is 10.0. The molecule has 0 aliphatic rings. The van der Waals surface area contributed by atoms with E-state index in [4.69, 9.17) is 4.74 Å². The molecule has 2 aromatic carbocycles. The summed E-state index contributed by atoms with van der Waals surface area (Å²) >= 11 is 0. The number of phenols is 3. The van der Waals surface area contributed by atoms with Crippen LogP contribution in [0.3, 0.4) is 0 Å². The van der Waals surface area contributed by atoms with Crippen molar-refractivity contribution in [1.82, 2.24) is 5.32 Å². The van der Waals surface area contributed by atoms with E-state index >= 15 is 0 Å². The molecular weight excluding hydrogens is 297 g/mol. The van der Waals surface area contributed by atoms with Gasteiger partial charge >= 0.3 is 29.6 Å². The molecule has 112 valence electrons. The van der Waals surface area contributed by atoms with Crippen LogP contribution >= 0.6 is 0 Å². The molecule has 6 nitrogen and oxygen atoms in total. The van der Waals surface area contributed by atoms with Crippen LogP contribution in [-0.4, -0.2) is 57.9 Å². The molecule has 0 bridgehead atoms. The molecule has 7 heteroatoms. The molecule has 4 N–H and O–H groups in total. The average molecular weight is 313 g/mol. The summed E-state index contributed by atoms with van der Waals surface area (Å²) in [4.78, 5) is 11.9. The number of carbonyl (C=O) groups excluding carboxylic acids is 1. The Morgan fingerprint density at radius 3 is 2.45 bits per heavy atom. The number of phenolic OH excluding ortho intramolecular Hbond substituents is 3. The normalized spacial score (nSPS) is 9.68. The summed E-state index contributed by atoms with van der Waals surface area (Å²) in [5, 5.41) is 30.9. The Kier molecular flexibility index (Phi) is 6.55. The Labute approximate surface area is 149 Å². The van der Waals surface area contributed by atoms with Gasteiger partial charge in [0.25, 0.3) is 5.91 Å². The van der Waals surface area contributed by atoms with Crippen LogP contribution in [0.4, 0.5) is 0 Å². The van der Waals surface area contributed by atoms with E-state index in [1.807, 2.05) is 0 Å². The average Bonchev–Trinajstić information content (AvgIpc) is 2.46. The zero-order valence-electron chi connectivity index (χ0n) is 11.3. The molecule has 0 atom stereocenters. The van der Waals surface area contributed by atoms with Crippen molar-refractivity contribution in [3.63, 3.8) is 0 Å². The third kappa shape index (κ3) is 4.30. The summed E-state index contributed by atoms with van der Waals surface area (Å²) in [6.07, 6.45) is 0. The van der Waals surface area contributed by atoms with Gasteiger partial charge in [-0.2, -0.15) is 0 Å². The maximum atomic E-state index is 11.9. The van der Waals surface area contributed by atoms with Crippen LogP contribution in [0.25, 0.3) is 0 Å². The van der Waals surface area contributed by atoms with Gasteiger partial charge in [0.15, 0.2) is 11.5 Å². The van der Waals surface area contributed by atoms with Crippen molar-refractivity contribution in [2.45, 2.75) is 6.54 Å². The first-order valence-corrected chi connectivity index (χ1v) is 6.17. The van der Waals surface area contributed by atoms with E-state index in [1.165, 1.54) is 25.3 Å². The van der Waals surface area contributed by atoms with E-state index in [0.717, 1.165) is 11.6 Å². The van der Waals surface area contributed by atoms with Crippen molar-refractivity contribution < 1.29 is 24.9 Å². The molecule has 0 saturated heterocycles. The number of aromatic hydroxyl groups is 3. The summed E-state index contributed by atoms with van der Waals surface area (Å²) in [5.41, 5.74) is 0.801. The van der Waals surface area contributed by atoms with Crippen molar-refractivity contribution >= 4 is 35.5 Å². The van der Waals surface area contributed by atoms with Crippen LogP contribution in [-0.2, 0) is 6.54 Å². The minimum atomic E-state index is -0.473. The van der Waals surface area contributed by atoms with Crippen LogP contribution in [0.5, 0.6) is 23.0 Å². The van der Waals surface area contributed by atoms with Crippen LogP contribution in [0.2, 0.25) is 0 Å². The third-order valence-corrected chi connectivity index (χ3v) is 2.92. The van der Waals surface area contributed by atoms with Gasteiger partial charge in [-0.05, 0) is 29.8 Å². The van der Waals surface area contributed by atoms with Gasteiger partial charge in [-0.15, -0.1) is 0 Å². The van der Waals surface area contributed by atoms with Gasteiger partial charge in [0.05, 0.1) is 12.7 Å². The number of ether oxygens (including phenoxy) is 1. The molecule has 0 unspecified atom stereocenters. The summed E-state index contributed by atoms with van der Waals surface area (Å²) < 4.78 is 4.98. The number of hydrogen-bond acceptors (Lipinski definition) is 5. The fraction of sp³-hybridized carbons (Fsp3) is 0.133. The Morgan fingerprint density at radius 1 is 1.09 bits per heavy atom. The molecule has 0 aliphatic heterocycles. The monoisotopic (exact) mass is 313 g/mol. The van der Waals surface area contributed by atoms with Gasteiger partial charge in [-0.1, -0.05) is 6.07 Å². The van der Waals surface area contributed by atoms with Gasteiger partial charge in [0.2, 0.25) is 0 Å². The molecular formula is C15H16NNaO5. The van der Waals surface area contributed by atoms with Gasteiger partial charge in [0.1, 0.15) is 11.5 Å². The molecule has 22 heavy (non-hydrogen) atoms. The third-order valence-electron chi connectivity index (χ3n) is 2.92. The molecule has 0 radical (unpaired) electrons. The first-order valence-electron chi connectivity index (χ1n) is 6.17. The van der Waals surface area contributed by atoms with E-state index in [-0.39, 0.29) is 58.9 Å². The van der Waals surface area contributed by atoms with Crippen LogP contribution < -0.4 is 10.1 Å². The van der Waals surface area contributed by atoms with Gasteiger partial charge in [0, 0.05) is 12.6 Å². The summed E-state index contributed by atoms with van der Waals surface area (Å²) in [6, 6.07) is 8.47. The Bertz CT molecular complexity index is 675. The molecule has 0 aromatic heterocycles. The van der Waals surface area contributed by atoms with Gasteiger partial charge < -0.3 is 25.4 Å². The second-order valence-corrected chi connectivity index (χ2v) is 4.39. The topological polar surface area (TPSA) is 99.0 Å².